The van der Waals surface area contributed by atoms with Crippen LogP contribution < -0.4 is 10.2 Å². The van der Waals surface area contributed by atoms with Gasteiger partial charge in [-0.05, 0) is 68.4 Å². The van der Waals surface area contributed by atoms with Gasteiger partial charge in [-0.1, -0.05) is 40.6 Å². The van der Waals surface area contributed by atoms with Gasteiger partial charge in [0.15, 0.2) is 5.13 Å². The van der Waals surface area contributed by atoms with Crippen molar-refractivity contribution in [1.29, 1.82) is 0 Å². The SMILES string of the molecule is C[C@@H]1CC[C@H](C2CN(c3nc4ccc(F)c(N[C@H](C)c5ccc(Cl)cc5Cl)c4s3)C2)CN1CCO. The number of anilines is 2. The molecule has 3 heterocycles. The molecule has 0 saturated carbocycles. The zero-order valence-electron chi connectivity index (χ0n) is 20.0. The summed E-state index contributed by atoms with van der Waals surface area (Å²) in [6, 6.07) is 8.93. The highest BCUT2D eigenvalue weighted by molar-refractivity contribution is 7.22. The first-order valence-electron chi connectivity index (χ1n) is 12.2. The summed E-state index contributed by atoms with van der Waals surface area (Å²) >= 11 is 14.0. The van der Waals surface area contributed by atoms with Gasteiger partial charge in [-0.25, -0.2) is 9.37 Å². The van der Waals surface area contributed by atoms with Crippen molar-refractivity contribution < 1.29 is 9.50 Å². The predicted octanol–water partition coefficient (Wildman–Crippen LogP) is 6.44. The Morgan fingerprint density at radius 1 is 1.17 bits per heavy atom. The van der Waals surface area contributed by atoms with Gasteiger partial charge in [-0.3, -0.25) is 4.90 Å². The van der Waals surface area contributed by atoms with Crippen molar-refractivity contribution in [2.24, 2.45) is 11.8 Å². The Balaban J connectivity index is 1.30. The number of halogens is 3. The quantitative estimate of drug-likeness (QED) is 0.363. The van der Waals surface area contributed by atoms with E-state index in [4.69, 9.17) is 28.2 Å². The maximum atomic E-state index is 14.9. The van der Waals surface area contributed by atoms with Crippen molar-refractivity contribution in [3.63, 3.8) is 0 Å². The number of aliphatic hydroxyl groups is 1. The van der Waals surface area contributed by atoms with Gasteiger partial charge in [-0.15, -0.1) is 0 Å². The number of hydrogen-bond donors (Lipinski definition) is 2. The molecular weight excluding hydrogens is 506 g/mol. The average Bonchev–Trinajstić information content (AvgIpc) is 3.21. The van der Waals surface area contributed by atoms with Crippen molar-refractivity contribution in [3.8, 4) is 0 Å². The van der Waals surface area contributed by atoms with Gasteiger partial charge in [0.05, 0.1) is 28.6 Å². The molecule has 0 unspecified atom stereocenters. The van der Waals surface area contributed by atoms with E-state index in [2.05, 4.69) is 22.0 Å². The van der Waals surface area contributed by atoms with E-state index >= 15 is 0 Å². The van der Waals surface area contributed by atoms with Gasteiger partial charge < -0.3 is 15.3 Å². The lowest BCUT2D eigenvalue weighted by molar-refractivity contribution is 0.0640. The van der Waals surface area contributed by atoms with Gasteiger partial charge >= 0.3 is 0 Å². The minimum Gasteiger partial charge on any atom is -0.395 e. The normalized spacial score (nSPS) is 22.4. The molecule has 1 aromatic heterocycles. The van der Waals surface area contributed by atoms with Crippen LogP contribution in [0.1, 0.15) is 38.3 Å². The second-order valence-corrected chi connectivity index (χ2v) is 11.7. The molecule has 2 fully saturated rings. The molecule has 35 heavy (non-hydrogen) atoms. The van der Waals surface area contributed by atoms with Gasteiger partial charge in [0.2, 0.25) is 0 Å². The first-order valence-corrected chi connectivity index (χ1v) is 13.8. The smallest absolute Gasteiger partial charge is 0.186 e. The molecule has 2 aliphatic heterocycles. The van der Waals surface area contributed by atoms with Crippen LogP contribution in [-0.2, 0) is 0 Å². The van der Waals surface area contributed by atoms with E-state index in [1.54, 1.807) is 18.2 Å². The number of piperidine rings is 1. The Morgan fingerprint density at radius 3 is 2.71 bits per heavy atom. The number of rotatable bonds is 7. The molecule has 0 spiro atoms. The molecule has 3 atom stereocenters. The number of likely N-dealkylation sites (tertiary alicyclic amines) is 1. The fraction of sp³-hybridized carbons (Fsp3) is 0.500. The van der Waals surface area contributed by atoms with Gasteiger partial charge in [-0.2, -0.15) is 0 Å². The zero-order chi connectivity index (χ0) is 24.7. The molecule has 5 rings (SSSR count). The van der Waals surface area contributed by atoms with Crippen molar-refractivity contribution in [2.75, 3.05) is 43.0 Å². The Morgan fingerprint density at radius 2 is 1.97 bits per heavy atom. The number of benzene rings is 2. The number of hydrogen-bond acceptors (Lipinski definition) is 6. The summed E-state index contributed by atoms with van der Waals surface area (Å²) < 4.78 is 15.7. The summed E-state index contributed by atoms with van der Waals surface area (Å²) in [6.07, 6.45) is 2.43. The van der Waals surface area contributed by atoms with Crippen LogP contribution in [0.4, 0.5) is 15.2 Å². The van der Waals surface area contributed by atoms with Crippen LogP contribution in [-0.4, -0.2) is 53.8 Å². The van der Waals surface area contributed by atoms with Crippen LogP contribution in [0.3, 0.4) is 0 Å². The summed E-state index contributed by atoms with van der Waals surface area (Å²) in [4.78, 5) is 9.56. The second kappa shape index (κ2) is 10.4. The molecule has 3 aromatic rings. The van der Waals surface area contributed by atoms with Crippen LogP contribution in [0.25, 0.3) is 10.2 Å². The molecule has 2 N–H and O–H groups in total. The fourth-order valence-electron chi connectivity index (χ4n) is 5.38. The van der Waals surface area contributed by atoms with E-state index in [0.29, 0.717) is 33.6 Å². The lowest BCUT2D eigenvalue weighted by atomic mass is 9.79. The Kier molecular flexibility index (Phi) is 7.43. The fourth-order valence-corrected chi connectivity index (χ4v) is 7.03. The number of nitrogens with zero attached hydrogens (tertiary/aromatic N) is 3. The zero-order valence-corrected chi connectivity index (χ0v) is 22.3. The largest absolute Gasteiger partial charge is 0.395 e. The van der Waals surface area contributed by atoms with Crippen LogP contribution in [0.2, 0.25) is 10.0 Å². The lowest BCUT2D eigenvalue weighted by Crippen LogP contribution is -2.55. The minimum atomic E-state index is -0.300. The van der Waals surface area contributed by atoms with E-state index in [9.17, 15) is 9.50 Å². The van der Waals surface area contributed by atoms with Crippen molar-refractivity contribution in [2.45, 2.75) is 38.8 Å². The third-order valence-electron chi connectivity index (χ3n) is 7.57. The first-order chi connectivity index (χ1) is 16.8. The lowest BCUT2D eigenvalue weighted by Gasteiger charge is -2.48. The van der Waals surface area contributed by atoms with Crippen molar-refractivity contribution in [1.82, 2.24) is 9.88 Å². The van der Waals surface area contributed by atoms with Crippen LogP contribution in [0, 0.1) is 17.7 Å². The molecule has 9 heteroatoms. The summed E-state index contributed by atoms with van der Waals surface area (Å²) in [5, 5.41) is 14.8. The number of nitrogens with one attached hydrogen (secondary N) is 1. The molecule has 0 amide bonds. The van der Waals surface area contributed by atoms with E-state index in [-0.39, 0.29) is 18.5 Å². The van der Waals surface area contributed by atoms with Gasteiger partial charge in [0.1, 0.15) is 5.82 Å². The molecule has 5 nitrogen and oxygen atoms in total. The minimum absolute atomic E-state index is 0.200. The standard InChI is InChI=1S/C26H31Cl2FN4OS/c1-15-3-4-17(12-32(15)9-10-34)18-13-33(14-18)26-31-23-8-7-22(29)24(25(23)35-26)30-16(2)20-6-5-19(27)11-21(20)28/h5-8,11,15-18,30,34H,3-4,9-10,12-14H2,1-2H3/t15-,16-,17+/m1/s1. The highest BCUT2D eigenvalue weighted by atomic mass is 35.5. The molecular formula is C26H31Cl2FN4OS. The van der Waals surface area contributed by atoms with E-state index in [1.807, 2.05) is 13.0 Å². The van der Waals surface area contributed by atoms with Gasteiger partial charge in [0, 0.05) is 42.3 Å². The molecule has 0 aliphatic carbocycles. The highest BCUT2D eigenvalue weighted by Gasteiger charge is 2.38. The van der Waals surface area contributed by atoms with Gasteiger partial charge in [0.25, 0.3) is 0 Å². The van der Waals surface area contributed by atoms with E-state index in [1.165, 1.54) is 30.2 Å². The third-order valence-corrected chi connectivity index (χ3v) is 9.28. The van der Waals surface area contributed by atoms with Crippen LogP contribution >= 0.6 is 34.5 Å². The number of thiazole rings is 1. The van der Waals surface area contributed by atoms with Crippen LogP contribution in [0.15, 0.2) is 30.3 Å². The summed E-state index contributed by atoms with van der Waals surface area (Å²) in [5.74, 6) is 0.992. The Labute approximate surface area is 219 Å². The monoisotopic (exact) mass is 536 g/mol. The number of aliphatic hydroxyl groups excluding tert-OH is 1. The molecule has 0 radical (unpaired) electrons. The molecule has 0 bridgehead atoms. The van der Waals surface area contributed by atoms with Crippen LogP contribution in [0.5, 0.6) is 0 Å². The van der Waals surface area contributed by atoms with E-state index < -0.39 is 0 Å². The summed E-state index contributed by atoms with van der Waals surface area (Å²) in [6.45, 7) is 8.21. The summed E-state index contributed by atoms with van der Waals surface area (Å²) in [5.41, 5.74) is 2.12. The highest BCUT2D eigenvalue weighted by Crippen LogP contribution is 2.41. The number of β-amino-alcohol motifs (C(OH)–C–C–N with tert-alkyl or cyclic N) is 1. The molecule has 188 valence electrons. The molecule has 2 aliphatic rings. The maximum Gasteiger partial charge on any atom is 0.186 e. The third kappa shape index (κ3) is 5.12. The predicted molar refractivity (Wildman–Crippen MR) is 145 cm³/mol. The van der Waals surface area contributed by atoms with Crippen molar-refractivity contribution >= 4 is 55.6 Å². The van der Waals surface area contributed by atoms with Crippen molar-refractivity contribution in [3.05, 3.63) is 51.8 Å². The Bertz CT molecular complexity index is 1200. The Hall–Kier alpha value is -1.64. The summed E-state index contributed by atoms with van der Waals surface area (Å²) in [7, 11) is 0. The van der Waals surface area contributed by atoms with E-state index in [0.717, 1.165) is 47.1 Å². The molecule has 2 saturated heterocycles. The number of fused-ring (bicyclic) bond motifs is 1. The number of aromatic nitrogens is 1. The average molecular weight is 538 g/mol. The topological polar surface area (TPSA) is 51.6 Å². The molecule has 2 aromatic carbocycles. The maximum absolute atomic E-state index is 14.9. The first kappa shape index (κ1) is 25.0. The second-order valence-electron chi connectivity index (χ2n) is 9.87.